The summed E-state index contributed by atoms with van der Waals surface area (Å²) in [7, 11) is 1.31. The number of thioether (sulfide) groups is 1. The summed E-state index contributed by atoms with van der Waals surface area (Å²) in [6, 6.07) is 0. The number of carbonyl (C=O) groups is 1. The van der Waals surface area contributed by atoms with E-state index in [2.05, 4.69) is 4.74 Å². The van der Waals surface area contributed by atoms with Gasteiger partial charge in [-0.05, 0) is 24.3 Å². The largest absolute Gasteiger partial charge is 0.469 e. The van der Waals surface area contributed by atoms with Gasteiger partial charge in [-0.3, -0.25) is 4.79 Å². The van der Waals surface area contributed by atoms with Crippen molar-refractivity contribution in [3.63, 3.8) is 0 Å². The van der Waals surface area contributed by atoms with Crippen LogP contribution < -0.4 is 0 Å². The van der Waals surface area contributed by atoms with Crippen molar-refractivity contribution in [1.29, 1.82) is 0 Å². The van der Waals surface area contributed by atoms with Crippen LogP contribution in [0.3, 0.4) is 0 Å². The van der Waals surface area contributed by atoms with Gasteiger partial charge in [0.05, 0.1) is 13.0 Å². The highest BCUT2D eigenvalue weighted by Crippen LogP contribution is 2.25. The third-order valence-corrected chi connectivity index (χ3v) is 3.10. The lowest BCUT2D eigenvalue weighted by Crippen LogP contribution is -2.26. The van der Waals surface area contributed by atoms with Crippen molar-refractivity contribution >= 4 is 17.7 Å². The van der Waals surface area contributed by atoms with Crippen molar-refractivity contribution in [2.45, 2.75) is 19.0 Å². The van der Waals surface area contributed by atoms with Crippen LogP contribution in [0, 0.1) is 5.92 Å². The lowest BCUT2D eigenvalue weighted by atomic mass is 9.99. The van der Waals surface area contributed by atoms with Gasteiger partial charge >= 0.3 is 5.97 Å². The zero-order valence-corrected chi connectivity index (χ0v) is 7.90. The summed E-state index contributed by atoms with van der Waals surface area (Å²) in [5, 5.41) is 0. The smallest absolute Gasteiger partial charge is 0.311 e. The fraction of sp³-hybridized carbons (Fsp3) is 0.875. The molecule has 1 fully saturated rings. The average Bonchev–Trinajstić information content (AvgIpc) is 2.28. The van der Waals surface area contributed by atoms with E-state index in [1.807, 2.05) is 0 Å². The van der Waals surface area contributed by atoms with Crippen LogP contribution in [0.25, 0.3) is 0 Å². The number of carbonyl (C=O) groups excluding carboxylic acids is 1. The summed E-state index contributed by atoms with van der Waals surface area (Å²) in [4.78, 5) is 11.1. The first-order chi connectivity index (χ1) is 5.75. The second kappa shape index (κ2) is 4.70. The lowest BCUT2D eigenvalue weighted by molar-refractivity contribution is -0.147. The van der Waals surface area contributed by atoms with E-state index < -0.39 is 18.1 Å². The van der Waals surface area contributed by atoms with Crippen LogP contribution in [0.2, 0.25) is 0 Å². The van der Waals surface area contributed by atoms with Crippen LogP contribution in [0.5, 0.6) is 0 Å². The Hall–Kier alpha value is -0.250. The molecular weight excluding hydrogens is 179 g/mol. The maximum absolute atomic E-state index is 13.2. The average molecular weight is 192 g/mol. The highest BCUT2D eigenvalue weighted by atomic mass is 32.2. The fourth-order valence-corrected chi connectivity index (χ4v) is 2.32. The Morgan fingerprint density at radius 2 is 2.17 bits per heavy atom. The van der Waals surface area contributed by atoms with Gasteiger partial charge in [0, 0.05) is 0 Å². The van der Waals surface area contributed by atoms with Gasteiger partial charge in [-0.2, -0.15) is 11.8 Å². The molecule has 1 rings (SSSR count). The van der Waals surface area contributed by atoms with Crippen LogP contribution >= 0.6 is 11.8 Å². The molecule has 0 unspecified atom stereocenters. The van der Waals surface area contributed by atoms with E-state index in [4.69, 9.17) is 0 Å². The second-order valence-electron chi connectivity index (χ2n) is 2.84. The van der Waals surface area contributed by atoms with Crippen molar-refractivity contribution in [1.82, 2.24) is 0 Å². The van der Waals surface area contributed by atoms with E-state index in [9.17, 15) is 9.18 Å². The number of ether oxygens (including phenoxy) is 1. The van der Waals surface area contributed by atoms with Gasteiger partial charge in [-0.25, -0.2) is 4.39 Å². The SMILES string of the molecule is COC(=O)[C@H]1CCSCC[C@H]1F. The van der Waals surface area contributed by atoms with Crippen LogP contribution in [-0.4, -0.2) is 30.8 Å². The van der Waals surface area contributed by atoms with Gasteiger partial charge in [-0.1, -0.05) is 0 Å². The Balaban J connectivity index is 2.52. The molecule has 1 heterocycles. The molecule has 0 amide bonds. The van der Waals surface area contributed by atoms with Crippen LogP contribution in [0.4, 0.5) is 4.39 Å². The summed E-state index contributed by atoms with van der Waals surface area (Å²) >= 11 is 1.70. The van der Waals surface area contributed by atoms with E-state index in [1.165, 1.54) is 7.11 Å². The normalized spacial score (nSPS) is 30.8. The standard InChI is InChI=1S/C8H13FO2S/c1-11-8(10)6-2-4-12-5-3-7(6)9/h6-7H,2-5H2,1H3/t6-,7+/m0/s1. The number of halogens is 1. The van der Waals surface area contributed by atoms with Crippen molar-refractivity contribution in [3.8, 4) is 0 Å². The molecule has 0 saturated carbocycles. The van der Waals surface area contributed by atoms with Crippen molar-refractivity contribution < 1.29 is 13.9 Å². The minimum absolute atomic E-state index is 0.398. The molecule has 2 nitrogen and oxygen atoms in total. The van der Waals surface area contributed by atoms with Crippen molar-refractivity contribution in [2.24, 2.45) is 5.92 Å². The maximum Gasteiger partial charge on any atom is 0.311 e. The van der Waals surface area contributed by atoms with E-state index in [0.29, 0.717) is 12.8 Å². The first-order valence-electron chi connectivity index (χ1n) is 4.05. The van der Waals surface area contributed by atoms with Gasteiger partial charge in [-0.15, -0.1) is 0 Å². The zero-order valence-electron chi connectivity index (χ0n) is 7.09. The zero-order chi connectivity index (χ0) is 8.97. The number of hydrogen-bond donors (Lipinski definition) is 0. The molecular formula is C8H13FO2S. The third-order valence-electron chi connectivity index (χ3n) is 2.05. The number of hydrogen-bond acceptors (Lipinski definition) is 3. The molecule has 0 aliphatic carbocycles. The highest BCUT2D eigenvalue weighted by Gasteiger charge is 2.30. The Morgan fingerprint density at radius 3 is 2.83 bits per heavy atom. The van der Waals surface area contributed by atoms with Gasteiger partial charge in [0.25, 0.3) is 0 Å². The summed E-state index contributed by atoms with van der Waals surface area (Å²) in [6.07, 6.45) is 0.0793. The minimum Gasteiger partial charge on any atom is -0.469 e. The Kier molecular flexibility index (Phi) is 3.85. The number of esters is 1. The van der Waals surface area contributed by atoms with Crippen molar-refractivity contribution in [2.75, 3.05) is 18.6 Å². The molecule has 0 aromatic carbocycles. The second-order valence-corrected chi connectivity index (χ2v) is 4.06. The fourth-order valence-electron chi connectivity index (χ4n) is 1.31. The summed E-state index contributed by atoms with van der Waals surface area (Å²) in [5.74, 6) is 0.754. The predicted molar refractivity (Wildman–Crippen MR) is 47.0 cm³/mol. The number of alkyl halides is 1. The molecule has 0 spiro atoms. The van der Waals surface area contributed by atoms with Crippen LogP contribution in [-0.2, 0) is 9.53 Å². The van der Waals surface area contributed by atoms with E-state index >= 15 is 0 Å². The Labute approximate surface area is 75.9 Å². The first-order valence-corrected chi connectivity index (χ1v) is 5.21. The van der Waals surface area contributed by atoms with Crippen molar-refractivity contribution in [3.05, 3.63) is 0 Å². The van der Waals surface area contributed by atoms with E-state index in [0.717, 1.165) is 11.5 Å². The Bertz CT molecular complexity index is 163. The lowest BCUT2D eigenvalue weighted by Gasteiger charge is -2.14. The quantitative estimate of drug-likeness (QED) is 0.591. The minimum atomic E-state index is -1.01. The molecule has 1 aliphatic rings. The summed E-state index contributed by atoms with van der Waals surface area (Å²) in [6.45, 7) is 0. The van der Waals surface area contributed by atoms with Gasteiger partial charge in [0.1, 0.15) is 6.17 Å². The number of rotatable bonds is 1. The van der Waals surface area contributed by atoms with E-state index in [-0.39, 0.29) is 0 Å². The summed E-state index contributed by atoms with van der Waals surface area (Å²) in [5.41, 5.74) is 0. The molecule has 0 aromatic rings. The molecule has 12 heavy (non-hydrogen) atoms. The third kappa shape index (κ3) is 2.37. The van der Waals surface area contributed by atoms with E-state index in [1.54, 1.807) is 11.8 Å². The Morgan fingerprint density at radius 1 is 1.50 bits per heavy atom. The first kappa shape index (κ1) is 9.84. The van der Waals surface area contributed by atoms with Gasteiger partial charge in [0.15, 0.2) is 0 Å². The monoisotopic (exact) mass is 192 g/mol. The molecule has 4 heteroatoms. The molecule has 0 aromatic heterocycles. The molecule has 0 N–H and O–H groups in total. The van der Waals surface area contributed by atoms with Gasteiger partial charge in [0.2, 0.25) is 0 Å². The molecule has 1 saturated heterocycles. The number of methoxy groups -OCH3 is 1. The maximum atomic E-state index is 13.2. The van der Waals surface area contributed by atoms with Crippen LogP contribution in [0.1, 0.15) is 12.8 Å². The summed E-state index contributed by atoms with van der Waals surface area (Å²) < 4.78 is 17.8. The molecule has 0 bridgehead atoms. The molecule has 2 atom stereocenters. The molecule has 70 valence electrons. The molecule has 0 radical (unpaired) electrons. The molecule has 1 aliphatic heterocycles. The van der Waals surface area contributed by atoms with Crippen LogP contribution in [0.15, 0.2) is 0 Å². The highest BCUT2D eigenvalue weighted by molar-refractivity contribution is 7.99. The predicted octanol–water partition coefficient (Wildman–Crippen LogP) is 1.64. The topological polar surface area (TPSA) is 26.3 Å². The van der Waals surface area contributed by atoms with Gasteiger partial charge < -0.3 is 4.74 Å².